The molecule has 128 valence electrons. The lowest BCUT2D eigenvalue weighted by atomic mass is 10.2. The molecule has 0 spiro atoms. The Morgan fingerprint density at radius 3 is 2.76 bits per heavy atom. The predicted molar refractivity (Wildman–Crippen MR) is 92.9 cm³/mol. The maximum Gasteiger partial charge on any atom is 0.258 e. The number of H-pyrrole nitrogens is 1. The van der Waals surface area contributed by atoms with Gasteiger partial charge in [-0.3, -0.25) is 14.6 Å². The first-order valence-electron chi connectivity index (χ1n) is 7.96. The molecular formula is C18H18N4O3. The summed E-state index contributed by atoms with van der Waals surface area (Å²) in [5, 5.41) is 12.7. The molecule has 1 amide bonds. The molecule has 0 radical (unpaired) electrons. The predicted octanol–water partition coefficient (Wildman–Crippen LogP) is 1.10. The van der Waals surface area contributed by atoms with E-state index < -0.39 is 6.04 Å². The number of nitrogens with one attached hydrogen (secondary N) is 2. The van der Waals surface area contributed by atoms with Crippen molar-refractivity contribution in [3.63, 3.8) is 0 Å². The zero-order valence-electron chi connectivity index (χ0n) is 13.5. The number of aliphatic hydroxyl groups excluding tert-OH is 1. The molecule has 0 bridgehead atoms. The smallest absolute Gasteiger partial charge is 0.258 e. The van der Waals surface area contributed by atoms with Crippen molar-refractivity contribution in [2.24, 2.45) is 0 Å². The first-order valence-corrected chi connectivity index (χ1v) is 7.96. The Morgan fingerprint density at radius 1 is 1.20 bits per heavy atom. The van der Waals surface area contributed by atoms with Crippen LogP contribution >= 0.6 is 0 Å². The molecule has 0 saturated carbocycles. The summed E-state index contributed by atoms with van der Waals surface area (Å²) in [6.45, 7) is -0.242. The van der Waals surface area contributed by atoms with Gasteiger partial charge in [0.15, 0.2) is 0 Å². The summed E-state index contributed by atoms with van der Waals surface area (Å²) >= 11 is 0. The molecule has 3 rings (SSSR count). The van der Waals surface area contributed by atoms with Crippen LogP contribution in [0.5, 0.6) is 0 Å². The van der Waals surface area contributed by atoms with E-state index in [0.717, 1.165) is 0 Å². The number of fused-ring (bicyclic) bond motifs is 1. The molecule has 25 heavy (non-hydrogen) atoms. The van der Waals surface area contributed by atoms with E-state index in [9.17, 15) is 14.7 Å². The molecule has 2 heterocycles. The van der Waals surface area contributed by atoms with E-state index in [4.69, 9.17) is 0 Å². The zero-order chi connectivity index (χ0) is 17.6. The third-order valence-corrected chi connectivity index (χ3v) is 3.81. The van der Waals surface area contributed by atoms with Gasteiger partial charge in [0.25, 0.3) is 5.56 Å². The molecule has 0 aliphatic heterocycles. The average molecular weight is 338 g/mol. The topological polar surface area (TPSA) is 108 Å². The Balaban J connectivity index is 1.65. The van der Waals surface area contributed by atoms with Gasteiger partial charge < -0.3 is 15.4 Å². The van der Waals surface area contributed by atoms with Crippen LogP contribution in [0, 0.1) is 0 Å². The Bertz CT molecular complexity index is 924. The number of hydrogen-bond donors (Lipinski definition) is 3. The molecule has 0 aliphatic carbocycles. The van der Waals surface area contributed by atoms with Crippen LogP contribution in [0.3, 0.4) is 0 Å². The monoisotopic (exact) mass is 338 g/mol. The summed E-state index contributed by atoms with van der Waals surface area (Å²) < 4.78 is 0. The zero-order valence-corrected chi connectivity index (χ0v) is 13.5. The van der Waals surface area contributed by atoms with Gasteiger partial charge in [-0.1, -0.05) is 18.2 Å². The van der Waals surface area contributed by atoms with Gasteiger partial charge in [-0.25, -0.2) is 4.98 Å². The number of benzene rings is 1. The number of rotatable bonds is 6. The average Bonchev–Trinajstić information content (AvgIpc) is 2.65. The molecule has 7 nitrogen and oxygen atoms in total. The molecule has 3 N–H and O–H groups in total. The van der Waals surface area contributed by atoms with Crippen molar-refractivity contribution >= 4 is 16.8 Å². The molecule has 1 unspecified atom stereocenters. The summed E-state index contributed by atoms with van der Waals surface area (Å²) in [5.74, 6) is 0.206. The molecule has 2 aromatic heterocycles. The molecule has 0 saturated heterocycles. The Kier molecular flexibility index (Phi) is 5.15. The standard InChI is InChI=1S/C18H18N4O3/c23-11-15(14-7-3-4-10-19-14)21-17(24)9-8-16-20-13-6-2-1-5-12(13)18(25)22-16/h1-7,10,15,23H,8-9,11H2,(H,21,24)(H,20,22,25). The number of amides is 1. The fourth-order valence-electron chi connectivity index (χ4n) is 2.55. The maximum atomic E-state index is 12.1. The minimum atomic E-state index is -0.558. The van der Waals surface area contributed by atoms with Gasteiger partial charge in [-0.05, 0) is 24.3 Å². The van der Waals surface area contributed by atoms with Gasteiger partial charge >= 0.3 is 0 Å². The number of aliphatic hydroxyl groups is 1. The summed E-state index contributed by atoms with van der Waals surface area (Å²) in [4.78, 5) is 35.4. The number of para-hydroxylation sites is 1. The van der Waals surface area contributed by atoms with Crippen molar-refractivity contribution in [2.75, 3.05) is 6.61 Å². The van der Waals surface area contributed by atoms with Gasteiger partial charge in [0.2, 0.25) is 5.91 Å². The van der Waals surface area contributed by atoms with Crippen LogP contribution in [0.25, 0.3) is 10.9 Å². The lowest BCUT2D eigenvalue weighted by Gasteiger charge is -2.15. The van der Waals surface area contributed by atoms with E-state index in [1.807, 2.05) is 6.07 Å². The minimum Gasteiger partial charge on any atom is -0.394 e. The largest absolute Gasteiger partial charge is 0.394 e. The first-order chi connectivity index (χ1) is 12.2. The third kappa shape index (κ3) is 4.07. The van der Waals surface area contributed by atoms with Crippen molar-refractivity contribution in [1.29, 1.82) is 0 Å². The summed E-state index contributed by atoms with van der Waals surface area (Å²) in [6.07, 6.45) is 2.05. The Labute approximate surface area is 143 Å². The van der Waals surface area contributed by atoms with E-state index in [0.29, 0.717) is 28.8 Å². The highest BCUT2D eigenvalue weighted by Gasteiger charge is 2.15. The van der Waals surface area contributed by atoms with Crippen molar-refractivity contribution in [2.45, 2.75) is 18.9 Å². The van der Waals surface area contributed by atoms with Crippen molar-refractivity contribution < 1.29 is 9.90 Å². The normalized spacial score (nSPS) is 12.0. The van der Waals surface area contributed by atoms with Crippen LogP contribution in [0.1, 0.15) is 24.0 Å². The third-order valence-electron chi connectivity index (χ3n) is 3.81. The van der Waals surface area contributed by atoms with Crippen LogP contribution in [-0.2, 0) is 11.2 Å². The maximum absolute atomic E-state index is 12.1. The van der Waals surface area contributed by atoms with E-state index in [2.05, 4.69) is 20.3 Å². The Morgan fingerprint density at radius 2 is 2.00 bits per heavy atom. The molecule has 1 aromatic carbocycles. The fraction of sp³-hybridized carbons (Fsp3) is 0.222. The van der Waals surface area contributed by atoms with Gasteiger partial charge in [0.05, 0.1) is 29.2 Å². The highest BCUT2D eigenvalue weighted by atomic mass is 16.3. The van der Waals surface area contributed by atoms with Crippen LogP contribution in [-0.4, -0.2) is 32.6 Å². The lowest BCUT2D eigenvalue weighted by Crippen LogP contribution is -2.31. The summed E-state index contributed by atoms with van der Waals surface area (Å²) in [7, 11) is 0. The van der Waals surface area contributed by atoms with E-state index in [1.165, 1.54) is 0 Å². The molecule has 0 aliphatic rings. The molecular weight excluding hydrogens is 320 g/mol. The second kappa shape index (κ2) is 7.67. The van der Waals surface area contributed by atoms with E-state index in [-0.39, 0.29) is 24.5 Å². The number of pyridine rings is 1. The SMILES string of the molecule is O=C(CCc1nc2ccccc2c(=O)[nH]1)NC(CO)c1ccccn1. The van der Waals surface area contributed by atoms with Crippen molar-refractivity contribution in [3.05, 3.63) is 70.5 Å². The summed E-state index contributed by atoms with van der Waals surface area (Å²) in [6, 6.07) is 11.8. The first kappa shape index (κ1) is 16.8. The van der Waals surface area contributed by atoms with Gasteiger partial charge in [0, 0.05) is 19.0 Å². The van der Waals surface area contributed by atoms with Gasteiger partial charge in [0.1, 0.15) is 5.82 Å². The minimum absolute atomic E-state index is 0.143. The number of carbonyl (C=O) groups excluding carboxylic acids is 1. The van der Waals surface area contributed by atoms with E-state index in [1.54, 1.807) is 42.6 Å². The number of hydrogen-bond acceptors (Lipinski definition) is 5. The highest BCUT2D eigenvalue weighted by Crippen LogP contribution is 2.10. The van der Waals surface area contributed by atoms with Gasteiger partial charge in [-0.15, -0.1) is 0 Å². The molecule has 1 atom stereocenters. The van der Waals surface area contributed by atoms with Crippen LogP contribution in [0.4, 0.5) is 0 Å². The summed E-state index contributed by atoms with van der Waals surface area (Å²) in [5.41, 5.74) is 0.974. The van der Waals surface area contributed by atoms with Gasteiger partial charge in [-0.2, -0.15) is 0 Å². The number of nitrogens with zero attached hydrogens (tertiary/aromatic N) is 2. The molecule has 3 aromatic rings. The van der Waals surface area contributed by atoms with Crippen LogP contribution in [0.2, 0.25) is 0 Å². The van der Waals surface area contributed by atoms with Crippen molar-refractivity contribution in [1.82, 2.24) is 20.3 Å². The number of carbonyl (C=O) groups is 1. The second-order valence-corrected chi connectivity index (χ2v) is 5.59. The quantitative estimate of drug-likeness (QED) is 0.624. The second-order valence-electron chi connectivity index (χ2n) is 5.59. The molecule has 7 heteroatoms. The van der Waals surface area contributed by atoms with E-state index >= 15 is 0 Å². The number of aryl methyl sites for hydroxylation is 1. The highest BCUT2D eigenvalue weighted by molar-refractivity contribution is 5.78. The van der Waals surface area contributed by atoms with Crippen LogP contribution in [0.15, 0.2) is 53.5 Å². The Hall–Kier alpha value is -3.06. The van der Waals surface area contributed by atoms with Crippen molar-refractivity contribution in [3.8, 4) is 0 Å². The number of aromatic amines is 1. The van der Waals surface area contributed by atoms with Crippen LogP contribution < -0.4 is 10.9 Å². The number of aromatic nitrogens is 3. The fourth-order valence-corrected chi connectivity index (χ4v) is 2.55. The lowest BCUT2D eigenvalue weighted by molar-refractivity contribution is -0.122. The molecule has 0 fully saturated rings.